The largest absolute Gasteiger partial charge is 0.488 e. The first-order chi connectivity index (χ1) is 18.7. The Balaban J connectivity index is 1.56. The van der Waals surface area contributed by atoms with Crippen molar-refractivity contribution in [2.75, 3.05) is 4.90 Å². The van der Waals surface area contributed by atoms with Crippen LogP contribution in [0.3, 0.4) is 0 Å². The van der Waals surface area contributed by atoms with Crippen LogP contribution in [0.4, 0.5) is 17.1 Å². The fourth-order valence-corrected chi connectivity index (χ4v) is 4.93. The van der Waals surface area contributed by atoms with E-state index in [0.717, 1.165) is 39.1 Å². The van der Waals surface area contributed by atoms with Crippen LogP contribution in [0.1, 0.15) is 0 Å². The lowest BCUT2D eigenvalue weighted by atomic mass is 9.78. The second-order valence-electron chi connectivity index (χ2n) is 9.30. The van der Waals surface area contributed by atoms with Crippen molar-refractivity contribution in [2.45, 2.75) is 0 Å². The van der Waals surface area contributed by atoms with Gasteiger partial charge in [-0.2, -0.15) is 0 Å². The predicted molar refractivity (Wildman–Crippen MR) is 159 cm³/mol. The zero-order chi connectivity index (χ0) is 25.9. The van der Waals surface area contributed by atoms with Gasteiger partial charge in [-0.15, -0.1) is 0 Å². The number of benzene rings is 6. The summed E-state index contributed by atoms with van der Waals surface area (Å²) in [6.07, 6.45) is 0. The predicted octanol–water partition coefficient (Wildman–Crippen LogP) is 7.32. The van der Waals surface area contributed by atoms with E-state index in [2.05, 4.69) is 83.8 Å². The lowest BCUT2D eigenvalue weighted by Gasteiger charge is -2.29. The molecular formula is C34H26BNO2. The Bertz CT molecular complexity index is 1680. The van der Waals surface area contributed by atoms with Gasteiger partial charge in [0.05, 0.1) is 5.69 Å². The second kappa shape index (κ2) is 10.4. The molecule has 0 amide bonds. The first-order valence-electron chi connectivity index (χ1n) is 12.7. The van der Waals surface area contributed by atoms with E-state index in [-0.39, 0.29) is 0 Å². The Morgan fingerprint density at radius 1 is 0.447 bits per heavy atom. The van der Waals surface area contributed by atoms with Crippen molar-refractivity contribution in [3.63, 3.8) is 0 Å². The van der Waals surface area contributed by atoms with Gasteiger partial charge in [-0.1, -0.05) is 115 Å². The third-order valence-corrected chi connectivity index (χ3v) is 6.87. The van der Waals surface area contributed by atoms with Gasteiger partial charge in [-0.3, -0.25) is 0 Å². The van der Waals surface area contributed by atoms with Gasteiger partial charge in [0, 0.05) is 16.9 Å². The molecule has 0 saturated heterocycles. The van der Waals surface area contributed by atoms with Crippen LogP contribution >= 0.6 is 0 Å². The fraction of sp³-hybridized carbons (Fsp3) is 0. The standard InChI is InChI=1S/C34H26BNO2/c37-35(38)30-18-22-34(33(24-30)28-12-5-2-6-13-28)36(32-21-17-26-11-7-8-14-29(26)23-32)31-19-15-27(16-20-31)25-9-3-1-4-10-25/h1-24,37-38H. The van der Waals surface area contributed by atoms with Crippen LogP contribution in [0.5, 0.6) is 0 Å². The van der Waals surface area contributed by atoms with E-state index < -0.39 is 7.12 Å². The molecular weight excluding hydrogens is 465 g/mol. The zero-order valence-electron chi connectivity index (χ0n) is 20.8. The summed E-state index contributed by atoms with van der Waals surface area (Å²) in [5, 5.41) is 22.2. The zero-order valence-corrected chi connectivity index (χ0v) is 20.8. The van der Waals surface area contributed by atoms with Gasteiger partial charge in [-0.25, -0.2) is 0 Å². The van der Waals surface area contributed by atoms with Crippen LogP contribution in [0, 0.1) is 0 Å². The molecule has 0 radical (unpaired) electrons. The Kier molecular flexibility index (Phi) is 6.49. The van der Waals surface area contributed by atoms with E-state index in [9.17, 15) is 10.0 Å². The van der Waals surface area contributed by atoms with E-state index in [0.29, 0.717) is 5.46 Å². The molecule has 0 bridgehead atoms. The Hall–Kier alpha value is -4.64. The quantitative estimate of drug-likeness (QED) is 0.240. The molecule has 0 saturated carbocycles. The highest BCUT2D eigenvalue weighted by molar-refractivity contribution is 6.58. The van der Waals surface area contributed by atoms with Crippen LogP contribution in [-0.4, -0.2) is 17.2 Å². The van der Waals surface area contributed by atoms with Gasteiger partial charge in [0.15, 0.2) is 0 Å². The lowest BCUT2D eigenvalue weighted by Crippen LogP contribution is -2.30. The van der Waals surface area contributed by atoms with Crippen molar-refractivity contribution >= 4 is 40.4 Å². The maximum Gasteiger partial charge on any atom is 0.488 e. The Morgan fingerprint density at radius 3 is 1.71 bits per heavy atom. The van der Waals surface area contributed by atoms with Gasteiger partial charge >= 0.3 is 7.12 Å². The van der Waals surface area contributed by atoms with Gasteiger partial charge in [-0.05, 0) is 63.3 Å². The van der Waals surface area contributed by atoms with Crippen molar-refractivity contribution in [3.05, 3.63) is 146 Å². The first-order valence-corrected chi connectivity index (χ1v) is 12.7. The summed E-state index contributed by atoms with van der Waals surface area (Å²) >= 11 is 0. The van der Waals surface area contributed by atoms with E-state index in [4.69, 9.17) is 0 Å². The van der Waals surface area contributed by atoms with Gasteiger partial charge < -0.3 is 14.9 Å². The molecule has 0 aliphatic rings. The van der Waals surface area contributed by atoms with Crippen LogP contribution in [0.2, 0.25) is 0 Å². The third kappa shape index (κ3) is 4.71. The first kappa shape index (κ1) is 23.7. The van der Waals surface area contributed by atoms with Crippen LogP contribution in [0.25, 0.3) is 33.0 Å². The smallest absolute Gasteiger partial charge is 0.423 e. The lowest BCUT2D eigenvalue weighted by molar-refractivity contribution is 0.426. The van der Waals surface area contributed by atoms with Crippen molar-refractivity contribution in [2.24, 2.45) is 0 Å². The third-order valence-electron chi connectivity index (χ3n) is 6.87. The molecule has 0 aromatic heterocycles. The monoisotopic (exact) mass is 491 g/mol. The van der Waals surface area contributed by atoms with Crippen LogP contribution in [0.15, 0.2) is 146 Å². The number of anilines is 3. The molecule has 2 N–H and O–H groups in total. The number of hydrogen-bond donors (Lipinski definition) is 2. The summed E-state index contributed by atoms with van der Waals surface area (Å²) in [5.41, 5.74) is 7.65. The topological polar surface area (TPSA) is 43.7 Å². The highest BCUT2D eigenvalue weighted by Crippen LogP contribution is 2.41. The molecule has 0 unspecified atom stereocenters. The Labute approximate surface area is 223 Å². The summed E-state index contributed by atoms with van der Waals surface area (Å²) in [6.45, 7) is 0. The fourth-order valence-electron chi connectivity index (χ4n) is 4.93. The van der Waals surface area contributed by atoms with Crippen LogP contribution in [-0.2, 0) is 0 Å². The van der Waals surface area contributed by atoms with E-state index in [1.807, 2.05) is 60.7 Å². The average Bonchev–Trinajstić information content (AvgIpc) is 2.98. The maximum absolute atomic E-state index is 9.96. The van der Waals surface area contributed by atoms with Crippen molar-refractivity contribution < 1.29 is 10.0 Å². The molecule has 6 rings (SSSR count). The molecule has 0 aliphatic carbocycles. The van der Waals surface area contributed by atoms with Gasteiger partial charge in [0.2, 0.25) is 0 Å². The van der Waals surface area contributed by atoms with Crippen molar-refractivity contribution in [3.8, 4) is 22.3 Å². The van der Waals surface area contributed by atoms with Crippen molar-refractivity contribution in [1.82, 2.24) is 0 Å². The summed E-state index contributed by atoms with van der Waals surface area (Å²) in [7, 11) is -1.55. The molecule has 6 aromatic carbocycles. The number of nitrogens with zero attached hydrogens (tertiary/aromatic N) is 1. The van der Waals surface area contributed by atoms with E-state index >= 15 is 0 Å². The summed E-state index contributed by atoms with van der Waals surface area (Å²) < 4.78 is 0. The van der Waals surface area contributed by atoms with Crippen molar-refractivity contribution in [1.29, 1.82) is 0 Å². The molecule has 0 atom stereocenters. The molecule has 0 spiro atoms. The number of hydrogen-bond acceptors (Lipinski definition) is 3. The van der Waals surface area contributed by atoms with E-state index in [1.54, 1.807) is 6.07 Å². The number of fused-ring (bicyclic) bond motifs is 1. The molecule has 0 aliphatic heterocycles. The molecule has 0 heterocycles. The SMILES string of the molecule is OB(O)c1ccc(N(c2ccc(-c3ccccc3)cc2)c2ccc3ccccc3c2)c(-c2ccccc2)c1. The maximum atomic E-state index is 9.96. The molecule has 182 valence electrons. The normalized spacial score (nSPS) is 10.9. The highest BCUT2D eigenvalue weighted by Gasteiger charge is 2.21. The summed E-state index contributed by atoms with van der Waals surface area (Å²) in [6, 6.07) is 49.4. The van der Waals surface area contributed by atoms with Crippen LogP contribution < -0.4 is 10.4 Å². The number of rotatable bonds is 6. The molecule has 38 heavy (non-hydrogen) atoms. The second-order valence-corrected chi connectivity index (χ2v) is 9.30. The van der Waals surface area contributed by atoms with Gasteiger partial charge in [0.25, 0.3) is 0 Å². The van der Waals surface area contributed by atoms with Gasteiger partial charge in [0.1, 0.15) is 0 Å². The minimum Gasteiger partial charge on any atom is -0.423 e. The summed E-state index contributed by atoms with van der Waals surface area (Å²) in [4.78, 5) is 2.23. The molecule has 6 aromatic rings. The molecule has 3 nitrogen and oxygen atoms in total. The molecule has 4 heteroatoms. The summed E-state index contributed by atoms with van der Waals surface area (Å²) in [5.74, 6) is 0. The minimum absolute atomic E-state index is 0.450. The highest BCUT2D eigenvalue weighted by atomic mass is 16.4. The molecule has 0 fully saturated rings. The Morgan fingerprint density at radius 2 is 1.03 bits per heavy atom. The minimum atomic E-state index is -1.55. The van der Waals surface area contributed by atoms with E-state index in [1.165, 1.54) is 10.9 Å². The average molecular weight is 491 g/mol.